The monoisotopic (exact) mass is 418 g/mol. The van der Waals surface area contributed by atoms with Crippen molar-refractivity contribution in [2.24, 2.45) is 0 Å². The largest absolute Gasteiger partial charge is 0.429 e. The van der Waals surface area contributed by atoms with Crippen LogP contribution in [0.2, 0.25) is 0 Å². The Morgan fingerprint density at radius 1 is 1.14 bits per heavy atom. The van der Waals surface area contributed by atoms with E-state index in [1.54, 1.807) is 31.3 Å². The van der Waals surface area contributed by atoms with Gasteiger partial charge in [-0.3, -0.25) is 9.47 Å². The summed E-state index contributed by atoms with van der Waals surface area (Å²) in [6.45, 7) is 5.67. The zero-order chi connectivity index (χ0) is 19.7. The number of rotatable bonds is 5. The molecule has 0 spiro atoms. The number of piperazine rings is 1. The van der Waals surface area contributed by atoms with Crippen molar-refractivity contribution in [2.75, 3.05) is 36.8 Å². The second-order valence-electron chi connectivity index (χ2n) is 6.76. The highest BCUT2D eigenvalue weighted by Gasteiger charge is 2.20. The quantitative estimate of drug-likeness (QED) is 0.590. The molecule has 0 N–H and O–H groups in total. The first-order valence-electron chi connectivity index (χ1n) is 9.22. The standard InChI is InChI=1S/C19H22N4O3S2/c1-2-28(24,25)15-6-7-17-16(13-15)23(19(27)26-17)14-21-9-11-22(12-10-21)18-5-3-4-8-20-18/h3-8,13H,2,9-12,14H2,1H3. The number of aromatic nitrogens is 2. The highest BCUT2D eigenvalue weighted by Crippen LogP contribution is 2.23. The molecule has 0 aliphatic carbocycles. The molecule has 0 amide bonds. The lowest BCUT2D eigenvalue weighted by Gasteiger charge is -2.35. The smallest absolute Gasteiger partial charge is 0.270 e. The van der Waals surface area contributed by atoms with Gasteiger partial charge in [0.15, 0.2) is 15.4 Å². The van der Waals surface area contributed by atoms with Gasteiger partial charge < -0.3 is 9.32 Å². The van der Waals surface area contributed by atoms with Crippen LogP contribution in [0.4, 0.5) is 5.82 Å². The predicted octanol–water partition coefficient (Wildman–Crippen LogP) is 2.93. The maximum absolute atomic E-state index is 12.2. The molecule has 1 aliphatic rings. The Hall–Kier alpha value is -2.23. The summed E-state index contributed by atoms with van der Waals surface area (Å²) in [4.78, 5) is 9.61. The van der Waals surface area contributed by atoms with Gasteiger partial charge in [-0.05, 0) is 42.5 Å². The van der Waals surface area contributed by atoms with Crippen LogP contribution in [0.25, 0.3) is 11.1 Å². The van der Waals surface area contributed by atoms with Gasteiger partial charge in [-0.25, -0.2) is 13.4 Å². The minimum absolute atomic E-state index is 0.0621. The molecule has 3 heterocycles. The van der Waals surface area contributed by atoms with Crippen LogP contribution < -0.4 is 4.90 Å². The van der Waals surface area contributed by atoms with Crippen LogP contribution in [0.1, 0.15) is 6.92 Å². The van der Waals surface area contributed by atoms with E-state index in [0.717, 1.165) is 32.0 Å². The Bertz CT molecular complexity index is 1130. The molecule has 2 aromatic heterocycles. The summed E-state index contributed by atoms with van der Waals surface area (Å²) in [7, 11) is -3.28. The Balaban J connectivity index is 1.54. The molecule has 0 saturated carbocycles. The molecule has 0 atom stereocenters. The van der Waals surface area contributed by atoms with Crippen molar-refractivity contribution in [3.05, 3.63) is 47.4 Å². The number of hydrogen-bond acceptors (Lipinski definition) is 7. The van der Waals surface area contributed by atoms with Gasteiger partial charge in [0, 0.05) is 32.4 Å². The molecule has 148 valence electrons. The number of hydrogen-bond donors (Lipinski definition) is 0. The third kappa shape index (κ3) is 3.69. The average molecular weight is 419 g/mol. The van der Waals surface area contributed by atoms with Crippen molar-refractivity contribution in [3.8, 4) is 0 Å². The van der Waals surface area contributed by atoms with Crippen LogP contribution >= 0.6 is 12.2 Å². The highest BCUT2D eigenvalue weighted by atomic mass is 32.2. The maximum Gasteiger partial charge on any atom is 0.270 e. The van der Waals surface area contributed by atoms with Crippen molar-refractivity contribution in [1.29, 1.82) is 0 Å². The first-order valence-corrected chi connectivity index (χ1v) is 11.3. The van der Waals surface area contributed by atoms with E-state index in [2.05, 4.69) is 14.8 Å². The lowest BCUT2D eigenvalue weighted by molar-refractivity contribution is 0.204. The van der Waals surface area contributed by atoms with E-state index in [-0.39, 0.29) is 5.75 Å². The van der Waals surface area contributed by atoms with Crippen molar-refractivity contribution < 1.29 is 12.8 Å². The zero-order valence-corrected chi connectivity index (χ0v) is 17.2. The van der Waals surface area contributed by atoms with Crippen LogP contribution in [0.5, 0.6) is 0 Å². The van der Waals surface area contributed by atoms with Gasteiger partial charge in [0.2, 0.25) is 0 Å². The molecule has 28 heavy (non-hydrogen) atoms. The molecule has 1 aliphatic heterocycles. The van der Waals surface area contributed by atoms with Crippen LogP contribution in [-0.2, 0) is 16.5 Å². The van der Waals surface area contributed by atoms with Gasteiger partial charge >= 0.3 is 0 Å². The van der Waals surface area contributed by atoms with E-state index < -0.39 is 9.84 Å². The zero-order valence-electron chi connectivity index (χ0n) is 15.6. The van der Waals surface area contributed by atoms with E-state index in [1.165, 1.54) is 0 Å². The maximum atomic E-state index is 12.2. The second kappa shape index (κ2) is 7.65. The number of anilines is 1. The number of sulfone groups is 1. The van der Waals surface area contributed by atoms with Crippen LogP contribution in [0.15, 0.2) is 51.9 Å². The molecular weight excluding hydrogens is 396 g/mol. The number of pyridine rings is 1. The van der Waals surface area contributed by atoms with Gasteiger partial charge in [0.05, 0.1) is 22.8 Å². The van der Waals surface area contributed by atoms with E-state index in [4.69, 9.17) is 16.6 Å². The molecule has 1 fully saturated rings. The number of oxazole rings is 1. The fourth-order valence-corrected chi connectivity index (χ4v) is 4.54. The minimum atomic E-state index is -3.28. The van der Waals surface area contributed by atoms with E-state index in [1.807, 2.05) is 22.8 Å². The summed E-state index contributed by atoms with van der Waals surface area (Å²) in [6, 6.07) is 10.9. The van der Waals surface area contributed by atoms with Gasteiger partial charge in [0.1, 0.15) is 5.82 Å². The Morgan fingerprint density at radius 3 is 2.61 bits per heavy atom. The predicted molar refractivity (Wildman–Crippen MR) is 111 cm³/mol. The first kappa shape index (κ1) is 19.1. The van der Waals surface area contributed by atoms with Gasteiger partial charge in [-0.2, -0.15) is 0 Å². The number of nitrogens with zero attached hydrogens (tertiary/aromatic N) is 4. The normalized spacial score (nSPS) is 16.0. The SMILES string of the molecule is CCS(=O)(=O)c1ccc2oc(=S)n(CN3CCN(c4ccccn4)CC3)c2c1. The van der Waals surface area contributed by atoms with Gasteiger partial charge in [0.25, 0.3) is 4.84 Å². The van der Waals surface area contributed by atoms with E-state index in [9.17, 15) is 8.42 Å². The molecule has 0 unspecified atom stereocenters. The first-order chi connectivity index (χ1) is 13.5. The summed E-state index contributed by atoms with van der Waals surface area (Å²) in [5, 5.41) is 0. The van der Waals surface area contributed by atoms with E-state index in [0.29, 0.717) is 27.5 Å². The Labute approximate surface area is 169 Å². The topological polar surface area (TPSA) is 71.6 Å². The average Bonchev–Trinajstić information content (AvgIpc) is 3.04. The lowest BCUT2D eigenvalue weighted by Crippen LogP contribution is -2.47. The van der Waals surface area contributed by atoms with E-state index >= 15 is 0 Å². The van der Waals surface area contributed by atoms with Crippen LogP contribution in [-0.4, -0.2) is 54.8 Å². The second-order valence-corrected chi connectivity index (χ2v) is 9.39. The Kier molecular flexibility index (Phi) is 5.22. The van der Waals surface area contributed by atoms with Crippen molar-refractivity contribution in [2.45, 2.75) is 18.5 Å². The molecular formula is C19H22N4O3S2. The number of fused-ring (bicyclic) bond motifs is 1. The highest BCUT2D eigenvalue weighted by molar-refractivity contribution is 7.91. The summed E-state index contributed by atoms with van der Waals surface area (Å²) in [5.41, 5.74) is 1.32. The summed E-state index contributed by atoms with van der Waals surface area (Å²) in [5.74, 6) is 1.05. The molecule has 1 aromatic carbocycles. The summed E-state index contributed by atoms with van der Waals surface area (Å²) >= 11 is 5.39. The van der Waals surface area contributed by atoms with Crippen LogP contribution in [0, 0.1) is 4.84 Å². The molecule has 7 nitrogen and oxygen atoms in total. The fourth-order valence-electron chi connectivity index (χ4n) is 3.40. The van der Waals surface area contributed by atoms with Crippen LogP contribution in [0.3, 0.4) is 0 Å². The molecule has 0 radical (unpaired) electrons. The molecule has 4 rings (SSSR count). The minimum Gasteiger partial charge on any atom is -0.429 e. The van der Waals surface area contributed by atoms with Gasteiger partial charge in [-0.1, -0.05) is 13.0 Å². The summed E-state index contributed by atoms with van der Waals surface area (Å²) < 4.78 is 32.0. The third-order valence-corrected chi connectivity index (χ3v) is 7.10. The molecule has 3 aromatic rings. The van der Waals surface area contributed by atoms with Gasteiger partial charge in [-0.15, -0.1) is 0 Å². The molecule has 0 bridgehead atoms. The van der Waals surface area contributed by atoms with Crippen molar-refractivity contribution >= 4 is 39.0 Å². The lowest BCUT2D eigenvalue weighted by atomic mass is 10.3. The molecule has 9 heteroatoms. The molecule has 1 saturated heterocycles. The fraction of sp³-hybridized carbons (Fsp3) is 0.368. The third-order valence-electron chi connectivity index (χ3n) is 5.06. The number of benzene rings is 1. The summed E-state index contributed by atoms with van der Waals surface area (Å²) in [6.07, 6.45) is 1.81. The van der Waals surface area contributed by atoms with Crippen molar-refractivity contribution in [1.82, 2.24) is 14.5 Å². The van der Waals surface area contributed by atoms with Crippen molar-refractivity contribution in [3.63, 3.8) is 0 Å². The Morgan fingerprint density at radius 2 is 1.93 bits per heavy atom.